The van der Waals surface area contributed by atoms with E-state index in [1.54, 1.807) is 0 Å². The maximum Gasteiger partial charge on any atom is 0.418 e. The van der Waals surface area contributed by atoms with Gasteiger partial charge in [0.05, 0.1) is 58.9 Å². The van der Waals surface area contributed by atoms with Gasteiger partial charge in [-0.3, -0.25) is 19.5 Å². The van der Waals surface area contributed by atoms with Crippen LogP contribution in [0.2, 0.25) is 5.02 Å². The molecule has 1 amide bonds. The number of ether oxygens (including phenoxy) is 2. The van der Waals surface area contributed by atoms with Crippen molar-refractivity contribution >= 4 is 46.3 Å². The van der Waals surface area contributed by atoms with Crippen molar-refractivity contribution in [2.45, 2.75) is 63.0 Å². The van der Waals surface area contributed by atoms with Crippen LogP contribution in [0.1, 0.15) is 60.6 Å². The van der Waals surface area contributed by atoms with E-state index in [2.05, 4.69) is 9.89 Å². The maximum absolute atomic E-state index is 14.2. The van der Waals surface area contributed by atoms with Crippen LogP contribution in [-0.4, -0.2) is 90.6 Å². The molecule has 4 N–H and O–H groups in total. The van der Waals surface area contributed by atoms with Crippen LogP contribution < -0.4 is 21.1 Å². The number of nitrogen functional groups attached to an aromatic ring is 1. The van der Waals surface area contributed by atoms with E-state index in [4.69, 9.17) is 58.9 Å². The quantitative estimate of drug-likeness (QED) is 0.224. The summed E-state index contributed by atoms with van der Waals surface area (Å²) in [6.45, 7) is 3.36. The predicted molar refractivity (Wildman–Crippen MR) is 178 cm³/mol. The number of aliphatic imine (C=N–C) groups is 1. The summed E-state index contributed by atoms with van der Waals surface area (Å²) >= 11 is 12.7. The number of carbonyl (C=O) groups excluding carboxylic acids is 1. The number of anilines is 2. The van der Waals surface area contributed by atoms with E-state index in [0.717, 1.165) is 49.9 Å². The summed E-state index contributed by atoms with van der Waals surface area (Å²) in [6.07, 6.45) is -0.995. The highest BCUT2D eigenvalue weighted by atomic mass is 35.5. The Balaban J connectivity index is 1.37. The number of benzene rings is 1. The van der Waals surface area contributed by atoms with Gasteiger partial charge in [-0.05, 0) is 62.9 Å². The minimum Gasteiger partial charge on any atom is -0.461 e. The number of rotatable bonds is 8. The number of nitrogens with two attached hydrogens (primary N) is 2. The fourth-order valence-electron chi connectivity index (χ4n) is 7.23. The van der Waals surface area contributed by atoms with Gasteiger partial charge in [-0.25, -0.2) is 5.06 Å². The Morgan fingerprint density at radius 1 is 1.18 bits per heavy atom. The van der Waals surface area contributed by atoms with Crippen LogP contribution in [0.15, 0.2) is 27.9 Å². The monoisotopic (exact) mass is 726 g/mol. The molecule has 4 aliphatic rings. The zero-order valence-corrected chi connectivity index (χ0v) is 28.8. The van der Waals surface area contributed by atoms with E-state index in [-0.39, 0.29) is 53.1 Å². The molecule has 0 aliphatic carbocycles. The molecule has 4 aliphatic heterocycles. The molecule has 5 heterocycles. The van der Waals surface area contributed by atoms with Gasteiger partial charge in [-0.2, -0.15) is 23.1 Å². The van der Waals surface area contributed by atoms with Gasteiger partial charge in [0.15, 0.2) is 0 Å². The molecule has 2 aromatic rings. The number of hydrogen-bond donors (Lipinski definition) is 2. The molecule has 12 nitrogen and oxygen atoms in total. The van der Waals surface area contributed by atoms with Crippen LogP contribution in [0.4, 0.5) is 24.7 Å². The number of hydroxylamine groups is 2. The molecule has 2 saturated heterocycles. The summed E-state index contributed by atoms with van der Waals surface area (Å²) in [5.41, 5.74) is 12.1. The first-order chi connectivity index (χ1) is 23.3. The molecule has 2 fully saturated rings. The molecule has 0 radical (unpaired) electrons. The van der Waals surface area contributed by atoms with E-state index in [0.29, 0.717) is 48.9 Å². The molecule has 17 heteroatoms. The van der Waals surface area contributed by atoms with Crippen LogP contribution >= 0.6 is 23.2 Å². The molecule has 49 heavy (non-hydrogen) atoms. The normalized spacial score (nSPS) is 21.4. The molecule has 266 valence electrons. The first-order valence-corrected chi connectivity index (χ1v) is 16.9. The van der Waals surface area contributed by atoms with E-state index in [9.17, 15) is 18.0 Å². The fraction of sp³-hybridized carbons (Fsp3) is 0.562. The third kappa shape index (κ3) is 7.13. The average molecular weight is 728 g/mol. The van der Waals surface area contributed by atoms with Crippen molar-refractivity contribution in [3.05, 3.63) is 50.3 Å². The van der Waals surface area contributed by atoms with Gasteiger partial charge < -0.3 is 25.8 Å². The predicted octanol–water partition coefficient (Wildman–Crippen LogP) is 4.63. The highest BCUT2D eigenvalue weighted by molar-refractivity contribution is 6.45. The summed E-state index contributed by atoms with van der Waals surface area (Å²) in [4.78, 5) is 36.2. The molecule has 0 saturated carbocycles. The van der Waals surface area contributed by atoms with Gasteiger partial charge in [0, 0.05) is 37.8 Å². The first kappa shape index (κ1) is 35.5. The SMILES string of the molecule is CON(C)C(=O)/C(N)=C(\Cl)C1=NCCCN(c2nc(OCC34CCCN3CCC4)nc3c2COC(c2cc(N)cc(Cl)c2C(F)(F)F)C3)C1. The van der Waals surface area contributed by atoms with Gasteiger partial charge >= 0.3 is 12.2 Å². The number of alkyl halides is 3. The summed E-state index contributed by atoms with van der Waals surface area (Å²) < 4.78 is 55.1. The lowest BCUT2D eigenvalue weighted by Crippen LogP contribution is -2.43. The maximum atomic E-state index is 14.2. The fourth-order valence-corrected chi connectivity index (χ4v) is 7.77. The van der Waals surface area contributed by atoms with Crippen molar-refractivity contribution in [1.82, 2.24) is 19.9 Å². The zero-order chi connectivity index (χ0) is 35.1. The Kier molecular flexibility index (Phi) is 10.2. The second-order valence-electron chi connectivity index (χ2n) is 12.7. The van der Waals surface area contributed by atoms with Crippen LogP contribution in [0.3, 0.4) is 0 Å². The van der Waals surface area contributed by atoms with Crippen molar-refractivity contribution in [1.29, 1.82) is 0 Å². The molecule has 0 bridgehead atoms. The van der Waals surface area contributed by atoms with Gasteiger partial charge in [0.25, 0.3) is 5.91 Å². The third-order valence-corrected chi connectivity index (χ3v) is 10.4. The molecular formula is C32H39Cl2F3N8O4. The number of carbonyl (C=O) groups is 1. The number of fused-ring (bicyclic) bond motifs is 2. The first-order valence-electron chi connectivity index (χ1n) is 16.1. The topological polar surface area (TPSA) is 145 Å². The van der Waals surface area contributed by atoms with Gasteiger partial charge in [-0.15, -0.1) is 0 Å². The molecule has 1 unspecified atom stereocenters. The minimum atomic E-state index is -4.74. The minimum absolute atomic E-state index is 0.0123. The second-order valence-corrected chi connectivity index (χ2v) is 13.5. The van der Waals surface area contributed by atoms with E-state index in [1.807, 2.05) is 4.90 Å². The van der Waals surface area contributed by atoms with Crippen LogP contribution in [0.25, 0.3) is 0 Å². The average Bonchev–Trinajstić information content (AvgIpc) is 3.55. The lowest BCUT2D eigenvalue weighted by molar-refractivity contribution is -0.164. The number of halogens is 5. The summed E-state index contributed by atoms with van der Waals surface area (Å²) in [7, 11) is 2.74. The molecule has 1 aromatic carbocycles. The van der Waals surface area contributed by atoms with Crippen LogP contribution in [0, 0.1) is 0 Å². The number of amides is 1. The van der Waals surface area contributed by atoms with Gasteiger partial charge in [-0.1, -0.05) is 23.2 Å². The largest absolute Gasteiger partial charge is 0.461 e. The lowest BCUT2D eigenvalue weighted by atomic mass is 9.94. The molecular weight excluding hydrogens is 688 g/mol. The molecule has 1 aromatic heterocycles. The molecule has 6 rings (SSSR count). The number of hydrogen-bond acceptors (Lipinski definition) is 11. The Morgan fingerprint density at radius 3 is 2.61 bits per heavy atom. The smallest absolute Gasteiger partial charge is 0.418 e. The van der Waals surface area contributed by atoms with Gasteiger partial charge in [0.2, 0.25) is 0 Å². The van der Waals surface area contributed by atoms with Crippen molar-refractivity contribution in [2.75, 3.05) is 64.1 Å². The summed E-state index contributed by atoms with van der Waals surface area (Å²) in [6, 6.07) is 2.44. The van der Waals surface area contributed by atoms with Crippen LogP contribution in [-0.2, 0) is 33.6 Å². The summed E-state index contributed by atoms with van der Waals surface area (Å²) in [5, 5.41) is 0.436. The van der Waals surface area contributed by atoms with Crippen molar-refractivity contribution in [3.63, 3.8) is 0 Å². The lowest BCUT2D eigenvalue weighted by Gasteiger charge is -2.33. The van der Waals surface area contributed by atoms with E-state index >= 15 is 0 Å². The Labute approximate surface area is 292 Å². The second kappa shape index (κ2) is 14.1. The molecule has 0 spiro atoms. The van der Waals surface area contributed by atoms with Crippen molar-refractivity contribution in [2.24, 2.45) is 10.7 Å². The van der Waals surface area contributed by atoms with Crippen molar-refractivity contribution < 1.29 is 32.3 Å². The number of aromatic nitrogens is 2. The van der Waals surface area contributed by atoms with E-state index < -0.39 is 28.8 Å². The number of likely N-dealkylation sites (N-methyl/N-ethyl adjacent to an activating group) is 1. The highest BCUT2D eigenvalue weighted by Gasteiger charge is 2.45. The Morgan fingerprint density at radius 2 is 1.92 bits per heavy atom. The Hall–Kier alpha value is -3.37. The standard InChI is InChI=1S/C32H39Cl2F3N8O4/c1-43(47-2)29(46)27(39)26(34)23-15-44(9-5-8-40-23)28-20-16-48-24(19-12-18(38)13-21(33)25(19)32(35,36)37)14-22(20)41-30(42-28)49-17-31-6-3-10-45(31)11-4-7-31/h12-13,24H,3-11,14-17,38-39H2,1-2H3/b27-26+. The third-order valence-electron chi connectivity index (χ3n) is 9.72. The van der Waals surface area contributed by atoms with Crippen LogP contribution in [0.5, 0.6) is 6.01 Å². The molecule has 1 atom stereocenters. The van der Waals surface area contributed by atoms with Crippen molar-refractivity contribution in [3.8, 4) is 6.01 Å². The zero-order valence-electron chi connectivity index (χ0n) is 27.3. The summed E-state index contributed by atoms with van der Waals surface area (Å²) in [5.74, 6) is -0.155. The highest BCUT2D eigenvalue weighted by Crippen LogP contribution is 2.45. The Bertz CT molecular complexity index is 1660. The number of nitrogens with zero attached hydrogens (tertiary/aromatic N) is 6. The van der Waals surface area contributed by atoms with E-state index in [1.165, 1.54) is 20.2 Å². The van der Waals surface area contributed by atoms with Gasteiger partial charge in [0.1, 0.15) is 18.1 Å².